The molecule has 0 bridgehead atoms. The molecule has 2 rings (SSSR count). The van der Waals surface area contributed by atoms with E-state index in [1.807, 2.05) is 11.3 Å². The van der Waals surface area contributed by atoms with Crippen LogP contribution >= 0.6 is 43.2 Å². The Morgan fingerprint density at radius 1 is 1.43 bits per heavy atom. The maximum Gasteiger partial charge on any atom is 0.0488 e. The van der Waals surface area contributed by atoms with Crippen LogP contribution < -0.4 is 0 Å². The smallest absolute Gasteiger partial charge is 0.0488 e. The first-order chi connectivity index (χ1) is 6.74. The lowest BCUT2D eigenvalue weighted by Crippen LogP contribution is -1.84. The van der Waals surface area contributed by atoms with Gasteiger partial charge in [-0.05, 0) is 44.7 Å². The summed E-state index contributed by atoms with van der Waals surface area (Å²) in [5.74, 6) is 0. The van der Waals surface area contributed by atoms with Crippen molar-refractivity contribution in [2.75, 3.05) is 0 Å². The van der Waals surface area contributed by atoms with Crippen molar-refractivity contribution < 1.29 is 0 Å². The van der Waals surface area contributed by atoms with Gasteiger partial charge < -0.3 is 0 Å². The van der Waals surface area contributed by atoms with Crippen LogP contribution in [0.15, 0.2) is 28.1 Å². The fourth-order valence-corrected chi connectivity index (χ4v) is 3.73. The molecular formula is C11H10Br2S. The summed E-state index contributed by atoms with van der Waals surface area (Å²) in [6, 6.07) is 6.38. The average molecular weight is 334 g/mol. The zero-order valence-electron chi connectivity index (χ0n) is 7.76. The van der Waals surface area contributed by atoms with E-state index in [1.165, 1.54) is 20.1 Å². The fraction of sp³-hybridized carbons (Fsp3) is 0.273. The summed E-state index contributed by atoms with van der Waals surface area (Å²) < 4.78 is 2.54. The summed E-state index contributed by atoms with van der Waals surface area (Å²) >= 11 is 9.08. The van der Waals surface area contributed by atoms with Crippen molar-refractivity contribution in [1.82, 2.24) is 0 Å². The highest BCUT2D eigenvalue weighted by atomic mass is 79.9. The molecule has 0 fully saturated rings. The monoisotopic (exact) mass is 332 g/mol. The Morgan fingerprint density at radius 2 is 2.21 bits per heavy atom. The highest BCUT2D eigenvalue weighted by Gasteiger charge is 2.11. The molecule has 2 aromatic rings. The van der Waals surface area contributed by atoms with E-state index in [-0.39, 0.29) is 0 Å². The Balaban J connectivity index is 2.63. The van der Waals surface area contributed by atoms with Crippen molar-refractivity contribution in [2.24, 2.45) is 0 Å². The molecule has 1 unspecified atom stereocenters. The number of benzene rings is 1. The highest BCUT2D eigenvalue weighted by molar-refractivity contribution is 9.10. The van der Waals surface area contributed by atoms with Gasteiger partial charge in [-0.1, -0.05) is 35.0 Å². The van der Waals surface area contributed by atoms with Crippen LogP contribution in [0.5, 0.6) is 0 Å². The maximum absolute atomic E-state index is 3.70. The molecule has 0 saturated heterocycles. The molecule has 1 heterocycles. The minimum atomic E-state index is 0.477. The number of rotatable bonds is 2. The van der Waals surface area contributed by atoms with Crippen LogP contribution in [0.4, 0.5) is 0 Å². The summed E-state index contributed by atoms with van der Waals surface area (Å²) in [5.41, 5.74) is 1.41. The van der Waals surface area contributed by atoms with E-state index < -0.39 is 0 Å². The minimum Gasteiger partial charge on any atom is -0.142 e. The van der Waals surface area contributed by atoms with Crippen LogP contribution in [-0.4, -0.2) is 0 Å². The van der Waals surface area contributed by atoms with E-state index in [2.05, 4.69) is 62.4 Å². The Hall–Kier alpha value is 0.140. The van der Waals surface area contributed by atoms with Gasteiger partial charge in [0.2, 0.25) is 0 Å². The Morgan fingerprint density at radius 3 is 2.93 bits per heavy atom. The van der Waals surface area contributed by atoms with E-state index >= 15 is 0 Å². The number of hydrogen-bond donors (Lipinski definition) is 0. The minimum absolute atomic E-state index is 0.477. The fourth-order valence-electron chi connectivity index (χ4n) is 1.50. The molecule has 0 aliphatic carbocycles. The molecule has 1 aromatic carbocycles. The molecule has 1 atom stereocenters. The topological polar surface area (TPSA) is 0 Å². The van der Waals surface area contributed by atoms with Crippen LogP contribution in [0.1, 0.15) is 23.7 Å². The SMILES string of the molecule is CCC(Br)c1csc2c(Br)cccc12. The zero-order valence-corrected chi connectivity index (χ0v) is 11.7. The number of hydrogen-bond acceptors (Lipinski definition) is 1. The van der Waals surface area contributed by atoms with Crippen molar-refractivity contribution in [2.45, 2.75) is 18.2 Å². The van der Waals surface area contributed by atoms with Crippen molar-refractivity contribution >= 4 is 53.3 Å². The van der Waals surface area contributed by atoms with Gasteiger partial charge in [-0.25, -0.2) is 0 Å². The van der Waals surface area contributed by atoms with E-state index in [0.29, 0.717) is 4.83 Å². The zero-order chi connectivity index (χ0) is 10.1. The van der Waals surface area contributed by atoms with Crippen molar-refractivity contribution in [3.05, 3.63) is 33.6 Å². The van der Waals surface area contributed by atoms with Gasteiger partial charge in [0.25, 0.3) is 0 Å². The lowest BCUT2D eigenvalue weighted by atomic mass is 10.1. The van der Waals surface area contributed by atoms with Crippen LogP contribution in [0.25, 0.3) is 10.1 Å². The number of alkyl halides is 1. The molecular weight excluding hydrogens is 324 g/mol. The summed E-state index contributed by atoms with van der Waals surface area (Å²) in [7, 11) is 0. The van der Waals surface area contributed by atoms with Gasteiger partial charge in [0, 0.05) is 14.0 Å². The molecule has 0 saturated carbocycles. The van der Waals surface area contributed by atoms with Gasteiger partial charge in [0.1, 0.15) is 0 Å². The maximum atomic E-state index is 3.70. The molecule has 0 spiro atoms. The molecule has 14 heavy (non-hydrogen) atoms. The molecule has 74 valence electrons. The molecule has 0 nitrogen and oxygen atoms in total. The molecule has 0 radical (unpaired) electrons. The first-order valence-electron chi connectivity index (χ1n) is 4.53. The van der Waals surface area contributed by atoms with E-state index in [0.717, 1.165) is 6.42 Å². The van der Waals surface area contributed by atoms with Gasteiger partial charge in [-0.15, -0.1) is 11.3 Å². The Kier molecular flexibility index (Phi) is 3.30. The van der Waals surface area contributed by atoms with Crippen molar-refractivity contribution in [1.29, 1.82) is 0 Å². The van der Waals surface area contributed by atoms with Crippen LogP contribution in [0, 0.1) is 0 Å². The van der Waals surface area contributed by atoms with Gasteiger partial charge in [0.05, 0.1) is 0 Å². The summed E-state index contributed by atoms with van der Waals surface area (Å²) in [6.45, 7) is 2.20. The summed E-state index contributed by atoms with van der Waals surface area (Å²) in [6.07, 6.45) is 1.12. The third kappa shape index (κ3) is 1.77. The largest absolute Gasteiger partial charge is 0.142 e. The third-order valence-corrected chi connectivity index (χ3v) is 5.39. The van der Waals surface area contributed by atoms with Crippen LogP contribution in [0.2, 0.25) is 0 Å². The quantitative estimate of drug-likeness (QED) is 0.635. The lowest BCUT2D eigenvalue weighted by Gasteiger charge is -2.04. The molecule has 1 aromatic heterocycles. The van der Waals surface area contributed by atoms with Gasteiger partial charge >= 0.3 is 0 Å². The highest BCUT2D eigenvalue weighted by Crippen LogP contribution is 2.38. The molecule has 0 amide bonds. The number of thiophene rings is 1. The lowest BCUT2D eigenvalue weighted by molar-refractivity contribution is 0.922. The Labute approximate surface area is 105 Å². The van der Waals surface area contributed by atoms with E-state index in [9.17, 15) is 0 Å². The number of halogens is 2. The molecule has 0 aliphatic heterocycles. The summed E-state index contributed by atoms with van der Waals surface area (Å²) in [4.78, 5) is 0.477. The Bertz CT molecular complexity index is 447. The molecule has 3 heteroatoms. The third-order valence-electron chi connectivity index (χ3n) is 2.28. The number of fused-ring (bicyclic) bond motifs is 1. The first-order valence-corrected chi connectivity index (χ1v) is 7.12. The second kappa shape index (κ2) is 4.33. The van der Waals surface area contributed by atoms with E-state index in [1.54, 1.807) is 0 Å². The van der Waals surface area contributed by atoms with Crippen LogP contribution in [-0.2, 0) is 0 Å². The average Bonchev–Trinajstić information content (AvgIpc) is 2.62. The van der Waals surface area contributed by atoms with Gasteiger partial charge in [-0.3, -0.25) is 0 Å². The van der Waals surface area contributed by atoms with Gasteiger partial charge in [-0.2, -0.15) is 0 Å². The normalized spacial score (nSPS) is 13.4. The van der Waals surface area contributed by atoms with Crippen LogP contribution in [0.3, 0.4) is 0 Å². The second-order valence-corrected chi connectivity index (χ2v) is 6.02. The summed E-state index contributed by atoms with van der Waals surface area (Å²) in [5, 5.41) is 3.62. The second-order valence-electron chi connectivity index (χ2n) is 3.18. The van der Waals surface area contributed by atoms with Crippen molar-refractivity contribution in [3.8, 4) is 0 Å². The molecule has 0 N–H and O–H groups in total. The van der Waals surface area contributed by atoms with Gasteiger partial charge in [0.15, 0.2) is 0 Å². The first kappa shape index (κ1) is 10.7. The molecule has 0 aliphatic rings. The predicted octanol–water partition coefficient (Wildman–Crippen LogP) is 5.51. The standard InChI is InChI=1S/C11H10Br2S/c1-2-9(12)8-6-14-11-7(8)4-3-5-10(11)13/h3-6,9H,2H2,1H3. The van der Waals surface area contributed by atoms with Crippen molar-refractivity contribution in [3.63, 3.8) is 0 Å². The predicted molar refractivity (Wildman–Crippen MR) is 71.5 cm³/mol. The van der Waals surface area contributed by atoms with E-state index in [4.69, 9.17) is 0 Å².